The zero-order valence-electron chi connectivity index (χ0n) is 18.8. The molecule has 3 unspecified atom stereocenters. The number of fused-ring (bicyclic) bond motifs is 1. The van der Waals surface area contributed by atoms with Crippen LogP contribution < -0.4 is 0 Å². The van der Waals surface area contributed by atoms with E-state index < -0.39 is 0 Å². The third kappa shape index (κ3) is 4.27. The number of rotatable bonds is 2. The quantitative estimate of drug-likeness (QED) is 0.744. The topological polar surface area (TPSA) is 43.9 Å². The van der Waals surface area contributed by atoms with Crippen molar-refractivity contribution in [2.75, 3.05) is 26.2 Å². The lowest BCUT2D eigenvalue weighted by atomic mass is 9.84. The first-order chi connectivity index (χ1) is 14.4. The van der Waals surface area contributed by atoms with Gasteiger partial charge in [-0.2, -0.15) is 0 Å². The maximum atomic E-state index is 13.7. The average molecular weight is 412 g/mol. The second kappa shape index (κ2) is 8.70. The van der Waals surface area contributed by atoms with Gasteiger partial charge in [-0.1, -0.05) is 31.0 Å². The number of hydrogen-bond donors (Lipinski definition) is 0. The number of likely N-dealkylation sites (tertiary alicyclic amines) is 1. The fraction of sp³-hybridized carbons (Fsp3) is 0.680. The minimum absolute atomic E-state index is 0.0366. The summed E-state index contributed by atoms with van der Waals surface area (Å²) in [5.41, 5.74) is 0.827. The molecule has 0 N–H and O–H groups in total. The first-order valence-corrected chi connectivity index (χ1v) is 11.8. The molecule has 1 aromatic carbocycles. The summed E-state index contributed by atoms with van der Waals surface area (Å²) < 4.78 is 0. The van der Waals surface area contributed by atoms with Gasteiger partial charge in [-0.05, 0) is 64.5 Å². The number of hydrogen-bond acceptors (Lipinski definition) is 3. The van der Waals surface area contributed by atoms with Gasteiger partial charge in [0.05, 0.1) is 0 Å². The molecule has 0 bridgehead atoms. The highest BCUT2D eigenvalue weighted by atomic mass is 16.2. The molecule has 3 fully saturated rings. The third-order valence-electron chi connectivity index (χ3n) is 7.38. The van der Waals surface area contributed by atoms with Crippen molar-refractivity contribution in [1.29, 1.82) is 0 Å². The Morgan fingerprint density at radius 1 is 0.900 bits per heavy atom. The summed E-state index contributed by atoms with van der Waals surface area (Å²) in [5.74, 6) is 0.678. The van der Waals surface area contributed by atoms with E-state index in [1.807, 2.05) is 40.1 Å². The molecule has 1 aromatic rings. The van der Waals surface area contributed by atoms with Gasteiger partial charge in [-0.3, -0.25) is 14.5 Å². The van der Waals surface area contributed by atoms with Gasteiger partial charge in [-0.15, -0.1) is 0 Å². The summed E-state index contributed by atoms with van der Waals surface area (Å²) in [6, 6.07) is 9.44. The summed E-state index contributed by atoms with van der Waals surface area (Å²) >= 11 is 0. The standard InChI is InChI=1S/C25H37N3O2/c1-25(2,3)27-15-9-14-26(16-17-27)24(30)22-18-20-12-7-8-13-21(20)28(22)23(29)19-10-5-4-6-11-19/h4-6,10-11,20-22H,7-9,12-18H2,1-3H3. The molecule has 2 saturated heterocycles. The predicted octanol–water partition coefficient (Wildman–Crippen LogP) is 3.79. The van der Waals surface area contributed by atoms with E-state index in [-0.39, 0.29) is 29.4 Å². The highest BCUT2D eigenvalue weighted by molar-refractivity contribution is 5.98. The number of amides is 2. The number of nitrogens with zero attached hydrogens (tertiary/aromatic N) is 3. The maximum absolute atomic E-state index is 13.7. The molecule has 164 valence electrons. The molecule has 1 saturated carbocycles. The minimum atomic E-state index is -0.299. The van der Waals surface area contributed by atoms with Crippen LogP contribution in [0, 0.1) is 5.92 Å². The van der Waals surface area contributed by atoms with Crippen LogP contribution in [0.5, 0.6) is 0 Å². The number of carbonyl (C=O) groups excluding carboxylic acids is 2. The maximum Gasteiger partial charge on any atom is 0.254 e. The molecule has 3 atom stereocenters. The van der Waals surface area contributed by atoms with Crippen molar-refractivity contribution in [1.82, 2.24) is 14.7 Å². The fourth-order valence-corrected chi connectivity index (χ4v) is 5.72. The molecule has 0 aromatic heterocycles. The van der Waals surface area contributed by atoms with E-state index in [1.165, 1.54) is 6.42 Å². The average Bonchev–Trinajstić information content (AvgIpc) is 2.93. The highest BCUT2D eigenvalue weighted by Crippen LogP contribution is 2.41. The molecule has 3 aliphatic rings. The first kappa shape index (κ1) is 21.4. The van der Waals surface area contributed by atoms with Crippen LogP contribution in [0.4, 0.5) is 0 Å². The zero-order chi connectivity index (χ0) is 21.3. The van der Waals surface area contributed by atoms with Crippen LogP contribution in [-0.4, -0.2) is 70.3 Å². The van der Waals surface area contributed by atoms with E-state index in [9.17, 15) is 9.59 Å². The Bertz CT molecular complexity index is 757. The van der Waals surface area contributed by atoms with Crippen LogP contribution in [0.25, 0.3) is 0 Å². The monoisotopic (exact) mass is 411 g/mol. The van der Waals surface area contributed by atoms with E-state index in [4.69, 9.17) is 0 Å². The smallest absolute Gasteiger partial charge is 0.254 e. The molecule has 30 heavy (non-hydrogen) atoms. The van der Waals surface area contributed by atoms with E-state index in [1.54, 1.807) is 0 Å². The largest absolute Gasteiger partial charge is 0.340 e. The van der Waals surface area contributed by atoms with Crippen LogP contribution in [0.2, 0.25) is 0 Å². The lowest BCUT2D eigenvalue weighted by Crippen LogP contribution is -2.51. The van der Waals surface area contributed by atoms with E-state index in [2.05, 4.69) is 25.7 Å². The first-order valence-electron chi connectivity index (χ1n) is 11.8. The fourth-order valence-electron chi connectivity index (χ4n) is 5.72. The molecule has 2 aliphatic heterocycles. The Hall–Kier alpha value is -1.88. The molecule has 1 aliphatic carbocycles. The highest BCUT2D eigenvalue weighted by Gasteiger charge is 2.48. The van der Waals surface area contributed by atoms with Crippen molar-refractivity contribution in [3.05, 3.63) is 35.9 Å². The summed E-state index contributed by atoms with van der Waals surface area (Å²) in [6.07, 6.45) is 6.39. The Balaban J connectivity index is 1.54. The molecule has 2 heterocycles. The van der Waals surface area contributed by atoms with Crippen molar-refractivity contribution < 1.29 is 9.59 Å². The van der Waals surface area contributed by atoms with Crippen molar-refractivity contribution in [2.45, 2.75) is 76.9 Å². The normalized spacial score (nSPS) is 28.2. The molecule has 0 radical (unpaired) electrons. The Kier molecular flexibility index (Phi) is 6.19. The molecule has 4 rings (SSSR count). The van der Waals surface area contributed by atoms with Crippen LogP contribution in [0.1, 0.15) is 69.7 Å². The van der Waals surface area contributed by atoms with Crippen molar-refractivity contribution in [3.63, 3.8) is 0 Å². The van der Waals surface area contributed by atoms with Gasteiger partial charge >= 0.3 is 0 Å². The molecular weight excluding hydrogens is 374 g/mol. The Morgan fingerprint density at radius 2 is 1.63 bits per heavy atom. The lowest BCUT2D eigenvalue weighted by molar-refractivity contribution is -0.135. The minimum Gasteiger partial charge on any atom is -0.340 e. The van der Waals surface area contributed by atoms with Crippen LogP contribution in [-0.2, 0) is 4.79 Å². The van der Waals surface area contributed by atoms with E-state index in [0.29, 0.717) is 11.5 Å². The van der Waals surface area contributed by atoms with Crippen LogP contribution >= 0.6 is 0 Å². The van der Waals surface area contributed by atoms with E-state index in [0.717, 1.165) is 58.3 Å². The van der Waals surface area contributed by atoms with Crippen molar-refractivity contribution in [2.24, 2.45) is 5.92 Å². The summed E-state index contributed by atoms with van der Waals surface area (Å²) in [7, 11) is 0. The van der Waals surface area contributed by atoms with E-state index >= 15 is 0 Å². The van der Waals surface area contributed by atoms with Gasteiger partial charge < -0.3 is 9.80 Å². The van der Waals surface area contributed by atoms with Crippen molar-refractivity contribution >= 4 is 11.8 Å². The zero-order valence-corrected chi connectivity index (χ0v) is 18.8. The summed E-state index contributed by atoms with van der Waals surface area (Å²) in [4.78, 5) is 33.7. The van der Waals surface area contributed by atoms with Gasteiger partial charge in [0, 0.05) is 43.3 Å². The molecule has 5 nitrogen and oxygen atoms in total. The van der Waals surface area contributed by atoms with Gasteiger partial charge in [0.2, 0.25) is 5.91 Å². The molecular formula is C25H37N3O2. The number of benzene rings is 1. The molecule has 0 spiro atoms. The van der Waals surface area contributed by atoms with Gasteiger partial charge in [-0.25, -0.2) is 0 Å². The molecule has 2 amide bonds. The second-order valence-corrected chi connectivity index (χ2v) is 10.3. The van der Waals surface area contributed by atoms with Gasteiger partial charge in [0.1, 0.15) is 6.04 Å². The van der Waals surface area contributed by atoms with Crippen LogP contribution in [0.15, 0.2) is 30.3 Å². The van der Waals surface area contributed by atoms with Gasteiger partial charge in [0.15, 0.2) is 0 Å². The van der Waals surface area contributed by atoms with Gasteiger partial charge in [0.25, 0.3) is 5.91 Å². The second-order valence-electron chi connectivity index (χ2n) is 10.3. The number of carbonyl (C=O) groups is 2. The lowest BCUT2D eigenvalue weighted by Gasteiger charge is -2.36. The Labute approximate surface area is 181 Å². The molecule has 5 heteroatoms. The van der Waals surface area contributed by atoms with Crippen molar-refractivity contribution in [3.8, 4) is 0 Å². The summed E-state index contributed by atoms with van der Waals surface area (Å²) in [6.45, 7) is 10.2. The Morgan fingerprint density at radius 3 is 2.37 bits per heavy atom. The predicted molar refractivity (Wildman–Crippen MR) is 119 cm³/mol. The van der Waals surface area contributed by atoms with Crippen LogP contribution in [0.3, 0.4) is 0 Å². The third-order valence-corrected chi connectivity index (χ3v) is 7.38. The summed E-state index contributed by atoms with van der Waals surface area (Å²) in [5, 5.41) is 0. The SMILES string of the molecule is CC(C)(C)N1CCCN(C(=O)C2CC3CCCCC3N2C(=O)c2ccccc2)CC1.